The Morgan fingerprint density at radius 3 is 2.29 bits per heavy atom. The van der Waals surface area contributed by atoms with Crippen molar-refractivity contribution < 1.29 is 22.4 Å². The molecule has 3 aromatic carbocycles. The fourth-order valence-electron chi connectivity index (χ4n) is 2.89. The number of ether oxygens (including phenoxy) is 2. The van der Waals surface area contributed by atoms with Crippen molar-refractivity contribution in [2.24, 2.45) is 0 Å². The average molecular weight is 346 g/mol. The normalized spacial score (nSPS) is 11.8. The van der Waals surface area contributed by atoms with Gasteiger partial charge in [-0.05, 0) is 37.4 Å². The molecule has 0 atom stereocenters. The Hall–Kier alpha value is -2.31. The van der Waals surface area contributed by atoms with E-state index in [2.05, 4.69) is 0 Å². The van der Waals surface area contributed by atoms with Gasteiger partial charge in [-0.2, -0.15) is 8.42 Å². The first-order chi connectivity index (χ1) is 11.5. The fraction of sp³-hybridized carbons (Fsp3) is 0.222. The van der Waals surface area contributed by atoms with E-state index in [1.54, 1.807) is 30.3 Å². The lowest BCUT2D eigenvalue weighted by atomic mass is 10.0. The Morgan fingerprint density at radius 1 is 0.917 bits per heavy atom. The topological polar surface area (TPSA) is 72.8 Å². The zero-order chi connectivity index (χ0) is 17.3. The predicted octanol–water partition coefficient (Wildman–Crippen LogP) is 4.04. The second-order valence-electron chi connectivity index (χ2n) is 5.26. The molecule has 0 heterocycles. The minimum atomic E-state index is -4.41. The van der Waals surface area contributed by atoms with Gasteiger partial charge in [-0.3, -0.25) is 4.55 Å². The number of fused-ring (bicyclic) bond motifs is 2. The second kappa shape index (κ2) is 6.30. The smallest absolute Gasteiger partial charge is 0.295 e. The van der Waals surface area contributed by atoms with Crippen LogP contribution in [0.4, 0.5) is 0 Å². The third kappa shape index (κ3) is 2.79. The van der Waals surface area contributed by atoms with Crippen LogP contribution >= 0.6 is 0 Å². The molecule has 0 fully saturated rings. The molecule has 0 aliphatic carbocycles. The maximum Gasteiger partial charge on any atom is 0.295 e. The summed E-state index contributed by atoms with van der Waals surface area (Å²) in [5, 5.41) is 2.17. The maximum atomic E-state index is 12.0. The third-order valence-electron chi connectivity index (χ3n) is 3.76. The van der Waals surface area contributed by atoms with Crippen molar-refractivity contribution in [2.75, 3.05) is 13.2 Å². The maximum absolute atomic E-state index is 12.0. The van der Waals surface area contributed by atoms with Gasteiger partial charge < -0.3 is 9.47 Å². The lowest BCUT2D eigenvalue weighted by molar-refractivity contribution is 0.291. The van der Waals surface area contributed by atoms with E-state index < -0.39 is 10.1 Å². The molecule has 0 aliphatic rings. The number of benzene rings is 3. The van der Waals surface area contributed by atoms with Gasteiger partial charge >= 0.3 is 0 Å². The van der Waals surface area contributed by atoms with Crippen molar-refractivity contribution in [3.05, 3.63) is 42.5 Å². The summed E-state index contributed by atoms with van der Waals surface area (Å²) in [5.41, 5.74) is 0. The number of hydrogen-bond donors (Lipinski definition) is 1. The zero-order valence-corrected chi connectivity index (χ0v) is 14.3. The lowest BCUT2D eigenvalue weighted by Gasteiger charge is -2.16. The molecule has 0 unspecified atom stereocenters. The summed E-state index contributed by atoms with van der Waals surface area (Å²) in [6.45, 7) is 4.58. The standard InChI is InChI=1S/C18H18O5S/c1-3-22-16-10-9-14-15(17(16)23-4-2)11-12-7-5-6-8-13(12)18(14)24(19,20)21/h5-11H,3-4H2,1-2H3,(H,19,20,21). The Bertz CT molecular complexity index is 1010. The Balaban J connectivity index is 2.52. The van der Waals surface area contributed by atoms with Gasteiger partial charge in [0.2, 0.25) is 0 Å². The summed E-state index contributed by atoms with van der Waals surface area (Å²) in [7, 11) is -4.41. The van der Waals surface area contributed by atoms with Gasteiger partial charge in [-0.1, -0.05) is 24.3 Å². The molecule has 0 saturated carbocycles. The van der Waals surface area contributed by atoms with Crippen LogP contribution in [0.25, 0.3) is 21.5 Å². The van der Waals surface area contributed by atoms with Gasteiger partial charge in [0.25, 0.3) is 10.1 Å². The molecule has 1 N–H and O–H groups in total. The van der Waals surface area contributed by atoms with Crippen LogP contribution in [0, 0.1) is 0 Å². The minimum absolute atomic E-state index is 0.111. The molecule has 24 heavy (non-hydrogen) atoms. The molecular formula is C18H18O5S. The van der Waals surface area contributed by atoms with Gasteiger partial charge in [-0.25, -0.2) is 0 Å². The minimum Gasteiger partial charge on any atom is -0.490 e. The monoisotopic (exact) mass is 346 g/mol. The van der Waals surface area contributed by atoms with E-state index in [0.29, 0.717) is 46.3 Å². The summed E-state index contributed by atoms with van der Waals surface area (Å²) in [6, 6.07) is 12.2. The van der Waals surface area contributed by atoms with Crippen molar-refractivity contribution in [3.8, 4) is 11.5 Å². The van der Waals surface area contributed by atoms with Crippen LogP contribution in [0.15, 0.2) is 47.4 Å². The number of rotatable bonds is 5. The van der Waals surface area contributed by atoms with Crippen molar-refractivity contribution in [2.45, 2.75) is 18.7 Å². The Morgan fingerprint density at radius 2 is 1.62 bits per heavy atom. The molecular weight excluding hydrogens is 328 g/mol. The Kier molecular flexibility index (Phi) is 4.34. The highest BCUT2D eigenvalue weighted by Gasteiger charge is 2.22. The lowest BCUT2D eigenvalue weighted by Crippen LogP contribution is -2.03. The molecule has 0 spiro atoms. The summed E-state index contributed by atoms with van der Waals surface area (Å²) in [4.78, 5) is -0.111. The molecule has 126 valence electrons. The van der Waals surface area contributed by atoms with E-state index >= 15 is 0 Å². The predicted molar refractivity (Wildman–Crippen MR) is 93.6 cm³/mol. The van der Waals surface area contributed by atoms with Crippen LogP contribution in [0.2, 0.25) is 0 Å². The van der Waals surface area contributed by atoms with Gasteiger partial charge in [0.05, 0.1) is 13.2 Å². The summed E-state index contributed by atoms with van der Waals surface area (Å²) < 4.78 is 45.1. The molecule has 3 aromatic rings. The molecule has 0 bridgehead atoms. The molecule has 0 saturated heterocycles. The highest BCUT2D eigenvalue weighted by atomic mass is 32.2. The zero-order valence-electron chi connectivity index (χ0n) is 13.4. The number of hydrogen-bond acceptors (Lipinski definition) is 4. The molecule has 0 aromatic heterocycles. The fourth-order valence-corrected chi connectivity index (χ4v) is 3.81. The second-order valence-corrected chi connectivity index (χ2v) is 6.61. The first-order valence-corrected chi connectivity index (χ1v) is 9.13. The first-order valence-electron chi connectivity index (χ1n) is 7.69. The highest BCUT2D eigenvalue weighted by Crippen LogP contribution is 2.41. The van der Waals surface area contributed by atoms with E-state index in [1.807, 2.05) is 26.0 Å². The van der Waals surface area contributed by atoms with Crippen molar-refractivity contribution in [3.63, 3.8) is 0 Å². The van der Waals surface area contributed by atoms with Gasteiger partial charge in [0.15, 0.2) is 11.5 Å². The highest BCUT2D eigenvalue weighted by molar-refractivity contribution is 7.86. The molecule has 3 rings (SSSR count). The third-order valence-corrected chi connectivity index (χ3v) is 4.71. The summed E-state index contributed by atoms with van der Waals surface area (Å²) >= 11 is 0. The molecule has 0 aliphatic heterocycles. The van der Waals surface area contributed by atoms with Crippen LogP contribution < -0.4 is 9.47 Å². The van der Waals surface area contributed by atoms with Crippen LogP contribution in [0.3, 0.4) is 0 Å². The molecule has 0 amide bonds. The largest absolute Gasteiger partial charge is 0.490 e. The van der Waals surface area contributed by atoms with Crippen molar-refractivity contribution in [1.82, 2.24) is 0 Å². The van der Waals surface area contributed by atoms with E-state index in [4.69, 9.17) is 9.47 Å². The van der Waals surface area contributed by atoms with E-state index in [9.17, 15) is 13.0 Å². The quantitative estimate of drug-likeness (QED) is 0.557. The summed E-state index contributed by atoms with van der Waals surface area (Å²) in [5.74, 6) is 1.02. The van der Waals surface area contributed by atoms with Crippen molar-refractivity contribution in [1.29, 1.82) is 0 Å². The summed E-state index contributed by atoms with van der Waals surface area (Å²) in [6.07, 6.45) is 0. The van der Waals surface area contributed by atoms with Gasteiger partial charge in [-0.15, -0.1) is 0 Å². The van der Waals surface area contributed by atoms with Crippen LogP contribution in [0.1, 0.15) is 13.8 Å². The Labute approximate surface area is 140 Å². The molecule has 5 nitrogen and oxygen atoms in total. The van der Waals surface area contributed by atoms with Gasteiger partial charge in [0, 0.05) is 16.2 Å². The van der Waals surface area contributed by atoms with Crippen LogP contribution in [0.5, 0.6) is 11.5 Å². The van der Waals surface area contributed by atoms with Crippen molar-refractivity contribution >= 4 is 31.7 Å². The molecule has 6 heteroatoms. The average Bonchev–Trinajstić information content (AvgIpc) is 2.54. The van der Waals surface area contributed by atoms with Crippen LogP contribution in [-0.4, -0.2) is 26.2 Å². The van der Waals surface area contributed by atoms with E-state index in [0.717, 1.165) is 0 Å². The van der Waals surface area contributed by atoms with Crippen LogP contribution in [-0.2, 0) is 10.1 Å². The van der Waals surface area contributed by atoms with E-state index in [-0.39, 0.29) is 4.90 Å². The first kappa shape index (κ1) is 16.5. The van der Waals surface area contributed by atoms with E-state index in [1.165, 1.54) is 0 Å². The SMILES string of the molecule is CCOc1ccc2c(S(=O)(=O)O)c3ccccc3cc2c1OCC. The van der Waals surface area contributed by atoms with Gasteiger partial charge in [0.1, 0.15) is 4.90 Å². The molecule has 0 radical (unpaired) electrons.